The van der Waals surface area contributed by atoms with Crippen molar-refractivity contribution in [2.45, 2.75) is 40.3 Å². The second kappa shape index (κ2) is 5.07. The van der Waals surface area contributed by atoms with E-state index in [-0.39, 0.29) is 12.6 Å². The van der Waals surface area contributed by atoms with Gasteiger partial charge in [-0.1, -0.05) is 23.8 Å². The van der Waals surface area contributed by atoms with Crippen molar-refractivity contribution in [3.63, 3.8) is 0 Å². The van der Waals surface area contributed by atoms with Gasteiger partial charge in [-0.3, -0.25) is 19.4 Å². The minimum Gasteiger partial charge on any atom is -0.263 e. The molecule has 5 nitrogen and oxygen atoms in total. The molecule has 0 atom stereocenters. The molecule has 0 aromatic heterocycles. The van der Waals surface area contributed by atoms with Crippen molar-refractivity contribution < 1.29 is 14.4 Å². The number of imide groups is 2. The van der Waals surface area contributed by atoms with Crippen molar-refractivity contribution in [3.8, 4) is 0 Å². The molecule has 1 aliphatic rings. The third kappa shape index (κ3) is 2.31. The first-order valence-corrected chi connectivity index (χ1v) is 6.58. The SMILES string of the molecule is Cc1ccc(C)c(CN2C(=O)C(=O)N(C(C)C)C2=O)c1. The molecular formula is C15H18N2O3. The molecule has 2 rings (SSSR count). The Morgan fingerprint density at radius 1 is 1.05 bits per heavy atom. The van der Waals surface area contributed by atoms with Crippen LogP contribution < -0.4 is 0 Å². The number of carbonyl (C=O) groups excluding carboxylic acids is 3. The van der Waals surface area contributed by atoms with Crippen LogP contribution in [0.5, 0.6) is 0 Å². The molecule has 1 heterocycles. The summed E-state index contributed by atoms with van der Waals surface area (Å²) in [5, 5.41) is 0. The zero-order valence-electron chi connectivity index (χ0n) is 12.1. The lowest BCUT2D eigenvalue weighted by atomic mass is 10.1. The highest BCUT2D eigenvalue weighted by Crippen LogP contribution is 2.20. The maximum Gasteiger partial charge on any atom is 0.334 e. The van der Waals surface area contributed by atoms with E-state index in [1.807, 2.05) is 32.0 Å². The molecule has 1 aliphatic heterocycles. The molecule has 0 saturated carbocycles. The van der Waals surface area contributed by atoms with Crippen LogP contribution in [0.4, 0.5) is 4.79 Å². The Labute approximate surface area is 118 Å². The fraction of sp³-hybridized carbons (Fsp3) is 0.400. The van der Waals surface area contributed by atoms with Gasteiger partial charge in [0.2, 0.25) is 0 Å². The molecular weight excluding hydrogens is 256 g/mol. The Hall–Kier alpha value is -2.17. The average molecular weight is 274 g/mol. The Bertz CT molecular complexity index is 593. The van der Waals surface area contributed by atoms with E-state index in [0.29, 0.717) is 0 Å². The van der Waals surface area contributed by atoms with Crippen LogP contribution in [0, 0.1) is 13.8 Å². The smallest absolute Gasteiger partial charge is 0.263 e. The lowest BCUT2D eigenvalue weighted by Gasteiger charge is -2.19. The summed E-state index contributed by atoms with van der Waals surface area (Å²) < 4.78 is 0. The van der Waals surface area contributed by atoms with Gasteiger partial charge in [0.15, 0.2) is 0 Å². The van der Waals surface area contributed by atoms with E-state index in [9.17, 15) is 14.4 Å². The summed E-state index contributed by atoms with van der Waals surface area (Å²) in [6.07, 6.45) is 0. The van der Waals surface area contributed by atoms with Gasteiger partial charge in [0.05, 0.1) is 6.54 Å². The van der Waals surface area contributed by atoms with Crippen molar-refractivity contribution in [3.05, 3.63) is 34.9 Å². The van der Waals surface area contributed by atoms with Crippen LogP contribution in [-0.4, -0.2) is 33.7 Å². The van der Waals surface area contributed by atoms with Crippen molar-refractivity contribution in [1.82, 2.24) is 9.80 Å². The minimum absolute atomic E-state index is 0.139. The molecule has 1 saturated heterocycles. The van der Waals surface area contributed by atoms with E-state index in [1.165, 1.54) is 0 Å². The number of urea groups is 1. The number of aryl methyl sites for hydroxylation is 2. The summed E-state index contributed by atoms with van der Waals surface area (Å²) in [5.74, 6) is -1.49. The van der Waals surface area contributed by atoms with Gasteiger partial charge in [0.1, 0.15) is 0 Å². The van der Waals surface area contributed by atoms with Crippen LogP contribution in [0.15, 0.2) is 18.2 Å². The number of hydrogen-bond donors (Lipinski definition) is 0. The van der Waals surface area contributed by atoms with Crippen LogP contribution in [0.2, 0.25) is 0 Å². The van der Waals surface area contributed by atoms with E-state index in [2.05, 4.69) is 0 Å². The van der Waals surface area contributed by atoms with Gasteiger partial charge in [0, 0.05) is 6.04 Å². The number of rotatable bonds is 3. The molecule has 0 spiro atoms. The molecule has 0 radical (unpaired) electrons. The predicted molar refractivity (Wildman–Crippen MR) is 73.8 cm³/mol. The molecule has 0 unspecified atom stereocenters. The second-order valence-corrected chi connectivity index (χ2v) is 5.37. The maximum absolute atomic E-state index is 12.2. The Morgan fingerprint density at radius 2 is 1.70 bits per heavy atom. The van der Waals surface area contributed by atoms with Crippen molar-refractivity contribution in [1.29, 1.82) is 0 Å². The van der Waals surface area contributed by atoms with Crippen LogP contribution in [0.1, 0.15) is 30.5 Å². The maximum atomic E-state index is 12.2. The predicted octanol–water partition coefficient (Wildman–Crippen LogP) is 2.00. The molecule has 0 N–H and O–H groups in total. The van der Waals surface area contributed by atoms with E-state index in [1.54, 1.807) is 13.8 Å². The van der Waals surface area contributed by atoms with Crippen LogP contribution in [-0.2, 0) is 16.1 Å². The molecule has 4 amide bonds. The number of benzene rings is 1. The highest BCUT2D eigenvalue weighted by atomic mass is 16.2. The summed E-state index contributed by atoms with van der Waals surface area (Å²) in [5.41, 5.74) is 2.92. The van der Waals surface area contributed by atoms with E-state index >= 15 is 0 Å². The van der Waals surface area contributed by atoms with Crippen molar-refractivity contribution in [2.24, 2.45) is 0 Å². The first-order valence-electron chi connectivity index (χ1n) is 6.58. The molecule has 0 bridgehead atoms. The monoisotopic (exact) mass is 274 g/mol. The Morgan fingerprint density at radius 3 is 2.25 bits per heavy atom. The third-order valence-electron chi connectivity index (χ3n) is 3.43. The van der Waals surface area contributed by atoms with Crippen LogP contribution in [0.3, 0.4) is 0 Å². The van der Waals surface area contributed by atoms with Crippen LogP contribution >= 0.6 is 0 Å². The molecule has 5 heteroatoms. The molecule has 0 aliphatic carbocycles. The number of hydrogen-bond acceptors (Lipinski definition) is 3. The highest BCUT2D eigenvalue weighted by molar-refractivity contribution is 6.44. The minimum atomic E-state index is -0.746. The molecule has 1 aromatic carbocycles. The zero-order valence-corrected chi connectivity index (χ0v) is 12.1. The fourth-order valence-corrected chi connectivity index (χ4v) is 2.26. The van der Waals surface area contributed by atoms with E-state index in [4.69, 9.17) is 0 Å². The van der Waals surface area contributed by atoms with Gasteiger partial charge in [-0.15, -0.1) is 0 Å². The highest BCUT2D eigenvalue weighted by Gasteiger charge is 2.45. The molecule has 1 aromatic rings. The first kappa shape index (κ1) is 14.2. The molecule has 106 valence electrons. The molecule has 1 fully saturated rings. The largest absolute Gasteiger partial charge is 0.334 e. The van der Waals surface area contributed by atoms with Gasteiger partial charge in [-0.25, -0.2) is 4.79 Å². The Balaban J connectivity index is 2.30. The summed E-state index contributed by atoms with van der Waals surface area (Å²) in [6, 6.07) is 4.99. The first-order chi connectivity index (χ1) is 9.32. The van der Waals surface area contributed by atoms with Gasteiger partial charge >= 0.3 is 17.8 Å². The van der Waals surface area contributed by atoms with Gasteiger partial charge in [-0.05, 0) is 38.8 Å². The summed E-state index contributed by atoms with van der Waals surface area (Å²) >= 11 is 0. The van der Waals surface area contributed by atoms with Crippen molar-refractivity contribution in [2.75, 3.05) is 0 Å². The van der Waals surface area contributed by atoms with Gasteiger partial charge in [0.25, 0.3) is 0 Å². The average Bonchev–Trinajstić information content (AvgIpc) is 2.57. The quantitative estimate of drug-likeness (QED) is 0.625. The third-order valence-corrected chi connectivity index (χ3v) is 3.43. The van der Waals surface area contributed by atoms with Crippen LogP contribution in [0.25, 0.3) is 0 Å². The zero-order chi connectivity index (χ0) is 15.0. The summed E-state index contributed by atoms with van der Waals surface area (Å²) in [6.45, 7) is 7.43. The number of carbonyl (C=O) groups is 3. The summed E-state index contributed by atoms with van der Waals surface area (Å²) in [4.78, 5) is 38.0. The molecule has 20 heavy (non-hydrogen) atoms. The standard InChI is InChI=1S/C15H18N2O3/c1-9(2)17-14(19)13(18)16(15(17)20)8-12-7-10(3)5-6-11(12)4/h5-7,9H,8H2,1-4H3. The Kier molecular flexibility index (Phi) is 3.61. The van der Waals surface area contributed by atoms with E-state index in [0.717, 1.165) is 26.5 Å². The fourth-order valence-electron chi connectivity index (χ4n) is 2.26. The normalized spacial score (nSPS) is 15.8. The number of nitrogens with zero attached hydrogens (tertiary/aromatic N) is 2. The lowest BCUT2D eigenvalue weighted by molar-refractivity contribution is -0.144. The van der Waals surface area contributed by atoms with Gasteiger partial charge in [-0.2, -0.15) is 0 Å². The van der Waals surface area contributed by atoms with E-state index < -0.39 is 17.8 Å². The second-order valence-electron chi connectivity index (χ2n) is 5.37. The topological polar surface area (TPSA) is 57.7 Å². The number of amides is 4. The lowest BCUT2D eigenvalue weighted by Crippen LogP contribution is -2.37. The summed E-state index contributed by atoms with van der Waals surface area (Å²) in [7, 11) is 0. The van der Waals surface area contributed by atoms with Crippen molar-refractivity contribution >= 4 is 17.8 Å². The van der Waals surface area contributed by atoms with Gasteiger partial charge < -0.3 is 0 Å².